The smallest absolute Gasteiger partial charge is 0.344 e. The van der Waals surface area contributed by atoms with Gasteiger partial charge in [0.05, 0.1) is 0 Å². The summed E-state index contributed by atoms with van der Waals surface area (Å²) in [7, 11) is 0. The lowest BCUT2D eigenvalue weighted by molar-refractivity contribution is -0.144. The molecule has 0 amide bonds. The van der Waals surface area contributed by atoms with Crippen LogP contribution in [0.15, 0.2) is 0 Å². The number of rotatable bonds is 5. The molecule has 4 nitrogen and oxygen atoms in total. The van der Waals surface area contributed by atoms with Crippen molar-refractivity contribution in [2.75, 3.05) is 18.0 Å². The third kappa shape index (κ3) is 3.56. The minimum atomic E-state index is -4.47. The van der Waals surface area contributed by atoms with Gasteiger partial charge in [-0.1, -0.05) is 12.8 Å². The Balaban J connectivity index is 2.14. The minimum absolute atomic E-state index is 0.278. The second-order valence-corrected chi connectivity index (χ2v) is 5.40. The summed E-state index contributed by atoms with van der Waals surface area (Å²) in [4.78, 5) is 5.60. The van der Waals surface area contributed by atoms with Gasteiger partial charge in [-0.05, 0) is 25.8 Å². The molecule has 1 aromatic heterocycles. The van der Waals surface area contributed by atoms with E-state index in [-0.39, 0.29) is 6.04 Å². The van der Waals surface area contributed by atoms with E-state index < -0.39 is 12.0 Å². The highest BCUT2D eigenvalue weighted by Crippen LogP contribution is 2.33. The van der Waals surface area contributed by atoms with E-state index in [1.165, 1.54) is 0 Å². The molecule has 1 fully saturated rings. The predicted octanol–water partition coefficient (Wildman–Crippen LogP) is 2.65. The number of alkyl halides is 3. The summed E-state index contributed by atoms with van der Waals surface area (Å²) in [6.45, 7) is 1.17. The Morgan fingerprint density at radius 2 is 2.00 bits per heavy atom. The van der Waals surface area contributed by atoms with Crippen LogP contribution in [0.2, 0.25) is 0 Å². The summed E-state index contributed by atoms with van der Waals surface area (Å²) < 4.78 is 41.0. The molecule has 0 aromatic carbocycles. The molecule has 1 saturated carbocycles. The zero-order chi connectivity index (χ0) is 13.9. The monoisotopic (exact) mass is 294 g/mol. The highest BCUT2D eigenvalue weighted by molar-refractivity contribution is 7.09. The zero-order valence-electron chi connectivity index (χ0n) is 10.5. The molecule has 0 spiro atoms. The van der Waals surface area contributed by atoms with Crippen molar-refractivity contribution in [1.29, 1.82) is 0 Å². The normalized spacial score (nSPS) is 17.1. The fourth-order valence-corrected chi connectivity index (χ4v) is 3.14. The number of aromatic nitrogens is 2. The number of halogens is 3. The molecule has 0 atom stereocenters. The van der Waals surface area contributed by atoms with Crippen LogP contribution >= 0.6 is 11.5 Å². The van der Waals surface area contributed by atoms with Gasteiger partial charge in [0.2, 0.25) is 11.0 Å². The molecule has 19 heavy (non-hydrogen) atoms. The van der Waals surface area contributed by atoms with E-state index in [1.807, 2.05) is 4.90 Å². The summed E-state index contributed by atoms with van der Waals surface area (Å²) in [5.41, 5.74) is 5.49. The standard InChI is InChI=1S/C11H17F3N4S/c12-11(13,14)9-16-10(19-17-9)18(7-3-6-15)8-4-1-2-5-8/h8H,1-7,15H2. The van der Waals surface area contributed by atoms with E-state index in [0.717, 1.165) is 43.6 Å². The molecule has 108 valence electrons. The van der Waals surface area contributed by atoms with Gasteiger partial charge in [-0.25, -0.2) is 0 Å². The molecule has 1 aliphatic rings. The maximum Gasteiger partial charge on any atom is 0.452 e. The van der Waals surface area contributed by atoms with Gasteiger partial charge in [0.1, 0.15) is 0 Å². The van der Waals surface area contributed by atoms with Crippen molar-refractivity contribution in [3.05, 3.63) is 5.82 Å². The molecule has 8 heteroatoms. The first-order valence-electron chi connectivity index (χ1n) is 6.40. The van der Waals surface area contributed by atoms with Crippen molar-refractivity contribution in [3.8, 4) is 0 Å². The van der Waals surface area contributed by atoms with E-state index in [9.17, 15) is 13.2 Å². The molecular formula is C11H17F3N4S. The first-order chi connectivity index (χ1) is 9.02. The number of nitrogens with zero attached hydrogens (tertiary/aromatic N) is 3. The van der Waals surface area contributed by atoms with Crippen LogP contribution in [0.3, 0.4) is 0 Å². The van der Waals surface area contributed by atoms with Crippen LogP contribution in [0.5, 0.6) is 0 Å². The fourth-order valence-electron chi connectivity index (χ4n) is 2.36. The zero-order valence-corrected chi connectivity index (χ0v) is 11.3. The second-order valence-electron chi connectivity index (χ2n) is 4.67. The van der Waals surface area contributed by atoms with Crippen LogP contribution in [0, 0.1) is 0 Å². The van der Waals surface area contributed by atoms with E-state index in [2.05, 4.69) is 9.36 Å². The van der Waals surface area contributed by atoms with E-state index in [1.54, 1.807) is 0 Å². The quantitative estimate of drug-likeness (QED) is 0.907. The topological polar surface area (TPSA) is 55.0 Å². The molecular weight excluding hydrogens is 277 g/mol. The van der Waals surface area contributed by atoms with Crippen LogP contribution in [0.25, 0.3) is 0 Å². The van der Waals surface area contributed by atoms with Crippen LogP contribution < -0.4 is 10.6 Å². The van der Waals surface area contributed by atoms with Gasteiger partial charge in [0.15, 0.2) is 0 Å². The number of nitrogens with two attached hydrogens (primary N) is 1. The maximum absolute atomic E-state index is 12.5. The van der Waals surface area contributed by atoms with Crippen LogP contribution in [-0.4, -0.2) is 28.5 Å². The maximum atomic E-state index is 12.5. The molecule has 0 radical (unpaired) electrons. The van der Waals surface area contributed by atoms with Gasteiger partial charge in [0, 0.05) is 24.1 Å². The first-order valence-corrected chi connectivity index (χ1v) is 7.17. The molecule has 0 unspecified atom stereocenters. The van der Waals surface area contributed by atoms with E-state index in [4.69, 9.17) is 5.73 Å². The predicted molar refractivity (Wildman–Crippen MR) is 68.2 cm³/mol. The third-order valence-electron chi connectivity index (χ3n) is 3.28. The van der Waals surface area contributed by atoms with E-state index in [0.29, 0.717) is 18.2 Å². The Morgan fingerprint density at radius 1 is 1.32 bits per heavy atom. The van der Waals surface area contributed by atoms with Crippen molar-refractivity contribution < 1.29 is 13.2 Å². The highest BCUT2D eigenvalue weighted by Gasteiger charge is 2.37. The molecule has 0 bridgehead atoms. The second kappa shape index (κ2) is 6.04. The lowest BCUT2D eigenvalue weighted by Gasteiger charge is -2.27. The van der Waals surface area contributed by atoms with Gasteiger partial charge >= 0.3 is 6.18 Å². The number of anilines is 1. The van der Waals surface area contributed by atoms with Crippen molar-refractivity contribution >= 4 is 16.7 Å². The fraction of sp³-hybridized carbons (Fsp3) is 0.818. The first kappa shape index (κ1) is 14.5. The van der Waals surface area contributed by atoms with Gasteiger partial charge in [-0.2, -0.15) is 22.5 Å². The summed E-state index contributed by atoms with van der Waals surface area (Å²) in [6, 6.07) is 0.278. The average molecular weight is 294 g/mol. The largest absolute Gasteiger partial charge is 0.452 e. The Bertz CT molecular complexity index is 401. The molecule has 1 aromatic rings. The average Bonchev–Trinajstić information content (AvgIpc) is 2.99. The van der Waals surface area contributed by atoms with Crippen molar-refractivity contribution in [3.63, 3.8) is 0 Å². The lowest BCUT2D eigenvalue weighted by Crippen LogP contribution is -2.35. The summed E-state index contributed by atoms with van der Waals surface area (Å²) in [6.07, 6.45) is 0.530. The van der Waals surface area contributed by atoms with Gasteiger partial charge < -0.3 is 10.6 Å². The Kier molecular flexibility index (Phi) is 4.62. The SMILES string of the molecule is NCCCN(c1nc(C(F)(F)F)ns1)C1CCCC1. The van der Waals surface area contributed by atoms with Crippen molar-refractivity contribution in [1.82, 2.24) is 9.36 Å². The number of hydrogen-bond acceptors (Lipinski definition) is 5. The Hall–Kier alpha value is -0.890. The summed E-state index contributed by atoms with van der Waals surface area (Å²) >= 11 is 0.826. The lowest BCUT2D eigenvalue weighted by atomic mass is 10.2. The molecule has 2 N–H and O–H groups in total. The Labute approximate surface area is 114 Å². The van der Waals surface area contributed by atoms with Gasteiger partial charge in [-0.3, -0.25) is 0 Å². The molecule has 0 saturated heterocycles. The highest BCUT2D eigenvalue weighted by atomic mass is 32.1. The number of hydrogen-bond donors (Lipinski definition) is 1. The summed E-state index contributed by atoms with van der Waals surface area (Å²) in [5, 5.41) is 0.368. The van der Waals surface area contributed by atoms with Gasteiger partial charge in [0.25, 0.3) is 0 Å². The van der Waals surface area contributed by atoms with Crippen LogP contribution in [0.4, 0.5) is 18.3 Å². The van der Waals surface area contributed by atoms with Crippen LogP contribution in [-0.2, 0) is 6.18 Å². The third-order valence-corrected chi connectivity index (χ3v) is 4.04. The van der Waals surface area contributed by atoms with Crippen molar-refractivity contribution in [2.45, 2.75) is 44.3 Å². The van der Waals surface area contributed by atoms with Gasteiger partial charge in [-0.15, -0.1) is 0 Å². The molecule has 1 heterocycles. The molecule has 2 rings (SSSR count). The van der Waals surface area contributed by atoms with Crippen molar-refractivity contribution in [2.24, 2.45) is 5.73 Å². The molecule has 1 aliphatic carbocycles. The Morgan fingerprint density at radius 3 is 2.53 bits per heavy atom. The van der Waals surface area contributed by atoms with Crippen LogP contribution in [0.1, 0.15) is 37.9 Å². The van der Waals surface area contributed by atoms with E-state index >= 15 is 0 Å². The summed E-state index contributed by atoms with van der Waals surface area (Å²) in [5.74, 6) is -1.04. The minimum Gasteiger partial charge on any atom is -0.344 e. The molecule has 0 aliphatic heterocycles.